The Kier molecular flexibility index (Phi) is 8.45. The average Bonchev–Trinajstić information content (AvgIpc) is 2.85. The predicted octanol–water partition coefficient (Wildman–Crippen LogP) is 7.98. The van der Waals surface area contributed by atoms with Crippen LogP contribution in [-0.2, 0) is 10.8 Å². The summed E-state index contributed by atoms with van der Waals surface area (Å²) in [6.45, 7) is 15.5. The summed E-state index contributed by atoms with van der Waals surface area (Å²) < 4.78 is 12.7. The first-order valence-electron chi connectivity index (χ1n) is 13.8. The molecule has 0 amide bonds. The quantitative estimate of drug-likeness (QED) is 0.348. The van der Waals surface area contributed by atoms with E-state index in [-0.39, 0.29) is 11.1 Å². The zero-order chi connectivity index (χ0) is 25.1. The smallest absolute Gasteiger partial charge is 0.192 e. The third kappa shape index (κ3) is 6.39. The summed E-state index contributed by atoms with van der Waals surface area (Å²) in [5, 5.41) is 0.213. The lowest BCUT2D eigenvalue weighted by molar-refractivity contribution is 0.0926. The van der Waals surface area contributed by atoms with Crippen LogP contribution in [0.1, 0.15) is 81.6 Å². The van der Waals surface area contributed by atoms with Crippen LogP contribution >= 0.6 is 0 Å². The van der Waals surface area contributed by atoms with Gasteiger partial charge < -0.3 is 14.1 Å². The van der Waals surface area contributed by atoms with E-state index in [1.807, 2.05) is 0 Å². The molecular formula is C31H47NO2Si. The number of hydrogen-bond donors (Lipinski definition) is 0. The minimum atomic E-state index is -1.88. The van der Waals surface area contributed by atoms with E-state index >= 15 is 0 Å². The number of aryl methyl sites for hydroxylation is 1. The van der Waals surface area contributed by atoms with E-state index in [1.165, 1.54) is 68.4 Å². The Hall–Kier alpha value is -1.62. The van der Waals surface area contributed by atoms with Crippen molar-refractivity contribution in [1.82, 2.24) is 4.90 Å². The summed E-state index contributed by atoms with van der Waals surface area (Å²) in [5.41, 5.74) is 4.36. The van der Waals surface area contributed by atoms with Gasteiger partial charge in [-0.15, -0.1) is 0 Å². The molecule has 0 spiro atoms. The Morgan fingerprint density at radius 1 is 0.971 bits per heavy atom. The van der Waals surface area contributed by atoms with Gasteiger partial charge in [0.2, 0.25) is 0 Å². The first kappa shape index (κ1) is 26.4. The number of fused-ring (bicyclic) bond motifs is 1. The molecule has 0 saturated carbocycles. The van der Waals surface area contributed by atoms with Gasteiger partial charge in [-0.05, 0) is 117 Å². The standard InChI is InChI=1S/C31H47NO2Si/c1-31(2,3)35(5,6)34-30-26(14-15-27-23-28(33-4)16-17-29(27)30)13-10-20-32-21-18-25(19-22-32)24-11-8-7-9-12-24/h7-9,11-12,16-17,23,25-26,30H,10,13-15,18-22H2,1-6H3/t26-,30?/m0/s1. The highest BCUT2D eigenvalue weighted by atomic mass is 28.4. The number of nitrogens with zero attached hydrogens (tertiary/aromatic N) is 1. The number of piperidine rings is 1. The largest absolute Gasteiger partial charge is 0.497 e. The van der Waals surface area contributed by atoms with Crippen molar-refractivity contribution in [3.8, 4) is 5.75 Å². The van der Waals surface area contributed by atoms with Crippen LogP contribution in [0.25, 0.3) is 0 Å². The topological polar surface area (TPSA) is 21.7 Å². The second-order valence-electron chi connectivity index (χ2n) is 12.3. The molecule has 1 unspecified atom stereocenters. The van der Waals surface area contributed by atoms with Gasteiger partial charge in [0.25, 0.3) is 0 Å². The second-order valence-corrected chi connectivity index (χ2v) is 17.1. The highest BCUT2D eigenvalue weighted by Gasteiger charge is 2.42. The molecule has 0 radical (unpaired) electrons. The molecule has 4 rings (SSSR count). The maximum Gasteiger partial charge on any atom is 0.192 e. The lowest BCUT2D eigenvalue weighted by Crippen LogP contribution is -2.44. The van der Waals surface area contributed by atoms with E-state index in [0.29, 0.717) is 5.92 Å². The van der Waals surface area contributed by atoms with E-state index in [9.17, 15) is 0 Å². The van der Waals surface area contributed by atoms with Gasteiger partial charge in [-0.3, -0.25) is 0 Å². The van der Waals surface area contributed by atoms with Crippen LogP contribution in [0.2, 0.25) is 18.1 Å². The molecule has 4 heteroatoms. The van der Waals surface area contributed by atoms with Crippen LogP contribution in [0.3, 0.4) is 0 Å². The second kappa shape index (κ2) is 11.2. The van der Waals surface area contributed by atoms with Gasteiger partial charge in [0.05, 0.1) is 13.2 Å². The Balaban J connectivity index is 1.37. The molecule has 0 aromatic heterocycles. The number of hydrogen-bond acceptors (Lipinski definition) is 3. The van der Waals surface area contributed by atoms with Crippen LogP contribution in [0.15, 0.2) is 48.5 Å². The zero-order valence-electron chi connectivity index (χ0n) is 23.0. The first-order chi connectivity index (χ1) is 16.7. The van der Waals surface area contributed by atoms with E-state index in [4.69, 9.17) is 9.16 Å². The van der Waals surface area contributed by atoms with Crippen molar-refractivity contribution in [2.45, 2.75) is 89.5 Å². The lowest BCUT2D eigenvalue weighted by atomic mass is 9.79. The minimum Gasteiger partial charge on any atom is -0.497 e. The van der Waals surface area contributed by atoms with Crippen LogP contribution in [0.4, 0.5) is 0 Å². The molecule has 1 heterocycles. The maximum atomic E-state index is 7.15. The zero-order valence-corrected chi connectivity index (χ0v) is 24.0. The number of benzene rings is 2. The first-order valence-corrected chi connectivity index (χ1v) is 16.7. The monoisotopic (exact) mass is 493 g/mol. The minimum absolute atomic E-state index is 0.213. The number of likely N-dealkylation sites (tertiary alicyclic amines) is 1. The molecule has 2 atom stereocenters. The molecule has 1 aliphatic heterocycles. The molecule has 0 bridgehead atoms. The summed E-state index contributed by atoms with van der Waals surface area (Å²) in [6.07, 6.45) is 7.67. The van der Waals surface area contributed by atoms with Gasteiger partial charge in [-0.25, -0.2) is 0 Å². The summed E-state index contributed by atoms with van der Waals surface area (Å²) in [5.74, 6) is 2.31. The molecule has 1 saturated heterocycles. The molecule has 0 N–H and O–H groups in total. The van der Waals surface area contributed by atoms with Crippen molar-refractivity contribution in [3.05, 3.63) is 65.2 Å². The third-order valence-electron chi connectivity index (χ3n) is 9.00. The highest BCUT2D eigenvalue weighted by molar-refractivity contribution is 6.74. The van der Waals surface area contributed by atoms with Crippen molar-refractivity contribution in [2.24, 2.45) is 5.92 Å². The SMILES string of the molecule is COc1ccc2c(c1)CC[C@H](CCCN1CCC(c3ccccc3)CC1)C2O[Si](C)(C)C(C)(C)C. The van der Waals surface area contributed by atoms with E-state index in [0.717, 1.165) is 18.1 Å². The molecule has 35 heavy (non-hydrogen) atoms. The van der Waals surface area contributed by atoms with Crippen molar-refractivity contribution in [2.75, 3.05) is 26.7 Å². The van der Waals surface area contributed by atoms with Gasteiger partial charge in [-0.2, -0.15) is 0 Å². The van der Waals surface area contributed by atoms with Gasteiger partial charge in [0.1, 0.15) is 5.75 Å². The van der Waals surface area contributed by atoms with Crippen LogP contribution in [-0.4, -0.2) is 40.0 Å². The van der Waals surface area contributed by atoms with Gasteiger partial charge in [0.15, 0.2) is 8.32 Å². The molecule has 1 aliphatic carbocycles. The summed E-state index contributed by atoms with van der Waals surface area (Å²) >= 11 is 0. The number of ether oxygens (including phenoxy) is 1. The molecule has 2 aromatic carbocycles. The van der Waals surface area contributed by atoms with Crippen LogP contribution in [0, 0.1) is 5.92 Å². The fourth-order valence-electron chi connectivity index (χ4n) is 5.69. The lowest BCUT2D eigenvalue weighted by Gasteiger charge is -2.44. The summed E-state index contributed by atoms with van der Waals surface area (Å²) in [7, 11) is -0.114. The third-order valence-corrected chi connectivity index (χ3v) is 13.5. The van der Waals surface area contributed by atoms with Gasteiger partial charge >= 0.3 is 0 Å². The Bertz CT molecular complexity index is 944. The number of methoxy groups -OCH3 is 1. The molecule has 3 nitrogen and oxygen atoms in total. The van der Waals surface area contributed by atoms with Crippen LogP contribution < -0.4 is 4.74 Å². The maximum absolute atomic E-state index is 7.15. The van der Waals surface area contributed by atoms with Crippen LogP contribution in [0.5, 0.6) is 5.75 Å². The molecule has 1 fully saturated rings. The van der Waals surface area contributed by atoms with E-state index in [2.05, 4.69) is 87.3 Å². The Morgan fingerprint density at radius 2 is 1.69 bits per heavy atom. The normalized spacial score (nSPS) is 22.1. The predicted molar refractivity (Wildman–Crippen MR) is 150 cm³/mol. The van der Waals surface area contributed by atoms with Crippen molar-refractivity contribution in [1.29, 1.82) is 0 Å². The summed E-state index contributed by atoms with van der Waals surface area (Å²) in [4.78, 5) is 2.70. The van der Waals surface area contributed by atoms with Gasteiger partial charge in [0, 0.05) is 0 Å². The summed E-state index contributed by atoms with van der Waals surface area (Å²) in [6, 6.07) is 17.8. The molecule has 2 aromatic rings. The van der Waals surface area contributed by atoms with Gasteiger partial charge in [-0.1, -0.05) is 57.2 Å². The molecule has 2 aliphatic rings. The average molecular weight is 494 g/mol. The molecule has 192 valence electrons. The van der Waals surface area contributed by atoms with Crippen molar-refractivity contribution >= 4 is 8.32 Å². The molecular weight excluding hydrogens is 446 g/mol. The highest BCUT2D eigenvalue weighted by Crippen LogP contribution is 2.46. The fraction of sp³-hybridized carbons (Fsp3) is 0.613. The van der Waals surface area contributed by atoms with E-state index in [1.54, 1.807) is 7.11 Å². The van der Waals surface area contributed by atoms with Crippen molar-refractivity contribution < 1.29 is 9.16 Å². The fourth-order valence-corrected chi connectivity index (χ4v) is 7.00. The van der Waals surface area contributed by atoms with Crippen molar-refractivity contribution in [3.63, 3.8) is 0 Å². The Labute approximate surface area is 215 Å². The van der Waals surface area contributed by atoms with E-state index < -0.39 is 8.32 Å². The Morgan fingerprint density at radius 3 is 2.34 bits per heavy atom. The number of rotatable bonds is 8.